The smallest absolute Gasteiger partial charge is 0.0666 e. The molecule has 0 aromatic carbocycles. The Hall–Kier alpha value is 0.310. The van der Waals surface area contributed by atoms with Crippen molar-refractivity contribution in [1.29, 1.82) is 0 Å². The summed E-state index contributed by atoms with van der Waals surface area (Å²) in [6.45, 7) is 2.28. The monoisotopic (exact) mass is 272 g/mol. The maximum atomic E-state index is 9.71. The summed E-state index contributed by atoms with van der Waals surface area (Å²) in [4.78, 5) is 0. The molecule has 0 amide bonds. The van der Waals surface area contributed by atoms with Gasteiger partial charge in [0.05, 0.1) is 6.10 Å². The van der Waals surface area contributed by atoms with Gasteiger partial charge in [-0.15, -0.1) is 0 Å². The summed E-state index contributed by atoms with van der Waals surface area (Å²) in [7, 11) is 0. The zero-order valence-corrected chi connectivity index (χ0v) is 13.0. The van der Waals surface area contributed by atoms with Gasteiger partial charge in [-0.2, -0.15) is 11.8 Å². The molecule has 1 rings (SSSR count). The van der Waals surface area contributed by atoms with Crippen LogP contribution in [0, 0.1) is 5.92 Å². The van der Waals surface area contributed by atoms with Crippen molar-refractivity contribution >= 4 is 11.8 Å². The summed E-state index contributed by atoms with van der Waals surface area (Å²) in [5.41, 5.74) is 0. The summed E-state index contributed by atoms with van der Waals surface area (Å²) in [5, 5.41) is 9.71. The molecule has 0 aromatic rings. The fraction of sp³-hybridized carbons (Fsp3) is 1.00. The molecule has 0 aliphatic carbocycles. The van der Waals surface area contributed by atoms with Gasteiger partial charge in [-0.25, -0.2) is 0 Å². The Morgan fingerprint density at radius 3 is 1.89 bits per heavy atom. The molecule has 1 fully saturated rings. The van der Waals surface area contributed by atoms with E-state index in [1.165, 1.54) is 76.4 Å². The van der Waals surface area contributed by atoms with Crippen molar-refractivity contribution in [3.63, 3.8) is 0 Å². The highest BCUT2D eigenvalue weighted by molar-refractivity contribution is 7.99. The molecule has 2 unspecified atom stereocenters. The van der Waals surface area contributed by atoms with Crippen LogP contribution in [0.4, 0.5) is 0 Å². The third-order valence-corrected chi connectivity index (χ3v) is 5.33. The van der Waals surface area contributed by atoms with Crippen LogP contribution in [-0.4, -0.2) is 22.7 Å². The fourth-order valence-corrected chi connectivity index (χ4v) is 4.10. The largest absolute Gasteiger partial charge is 0.392 e. The van der Waals surface area contributed by atoms with E-state index in [0.29, 0.717) is 5.92 Å². The average molecular weight is 272 g/mol. The van der Waals surface area contributed by atoms with Gasteiger partial charge in [0, 0.05) is 5.75 Å². The van der Waals surface area contributed by atoms with Crippen LogP contribution in [-0.2, 0) is 0 Å². The predicted octanol–water partition coefficient (Wildman–Crippen LogP) is 5.02. The van der Waals surface area contributed by atoms with Gasteiger partial charge in [-0.1, -0.05) is 71.1 Å². The highest BCUT2D eigenvalue weighted by atomic mass is 32.2. The molecule has 1 heterocycles. The summed E-state index contributed by atoms with van der Waals surface area (Å²) < 4.78 is 0. The van der Waals surface area contributed by atoms with Crippen molar-refractivity contribution in [2.24, 2.45) is 5.92 Å². The molecule has 1 nitrogen and oxygen atoms in total. The molecule has 2 heteroatoms. The van der Waals surface area contributed by atoms with E-state index in [2.05, 4.69) is 6.92 Å². The van der Waals surface area contributed by atoms with Crippen LogP contribution in [0.25, 0.3) is 0 Å². The molecule has 0 radical (unpaired) electrons. The lowest BCUT2D eigenvalue weighted by Crippen LogP contribution is -2.17. The second-order valence-corrected chi connectivity index (χ2v) is 6.91. The van der Waals surface area contributed by atoms with Gasteiger partial charge < -0.3 is 5.11 Å². The molecule has 2 atom stereocenters. The molecule has 1 N–H and O–H groups in total. The molecule has 0 saturated carbocycles. The van der Waals surface area contributed by atoms with E-state index >= 15 is 0 Å². The fourth-order valence-electron chi connectivity index (χ4n) is 2.76. The zero-order valence-electron chi connectivity index (χ0n) is 12.2. The Bertz CT molecular complexity index is 184. The number of hydrogen-bond donors (Lipinski definition) is 1. The Morgan fingerprint density at radius 2 is 1.39 bits per heavy atom. The lowest BCUT2D eigenvalue weighted by Gasteiger charge is -2.12. The molecule has 1 aliphatic heterocycles. The van der Waals surface area contributed by atoms with Crippen LogP contribution >= 0.6 is 11.8 Å². The Balaban J connectivity index is 1.76. The zero-order chi connectivity index (χ0) is 13.1. The number of aliphatic hydroxyl groups is 1. The normalized spacial score (nSPS) is 23.7. The molecule has 18 heavy (non-hydrogen) atoms. The quantitative estimate of drug-likeness (QED) is 0.533. The number of thioether (sulfide) groups is 1. The summed E-state index contributed by atoms with van der Waals surface area (Å²) in [6.07, 6.45) is 15.3. The first kappa shape index (κ1) is 16.4. The van der Waals surface area contributed by atoms with Gasteiger partial charge in [0.2, 0.25) is 0 Å². The number of aliphatic hydroxyl groups excluding tert-OH is 1. The van der Waals surface area contributed by atoms with Gasteiger partial charge in [-0.3, -0.25) is 0 Å². The van der Waals surface area contributed by atoms with E-state index in [4.69, 9.17) is 0 Å². The van der Waals surface area contributed by atoms with Crippen LogP contribution in [0.2, 0.25) is 0 Å². The third-order valence-electron chi connectivity index (χ3n) is 4.09. The van der Waals surface area contributed by atoms with Crippen LogP contribution in [0.15, 0.2) is 0 Å². The van der Waals surface area contributed by atoms with E-state index in [9.17, 15) is 5.11 Å². The molecular weight excluding hydrogens is 240 g/mol. The first-order valence-corrected chi connectivity index (χ1v) is 9.26. The Kier molecular flexibility index (Phi) is 10.1. The standard InChI is InChI=1S/C16H32OS/c1-2-3-4-5-6-7-8-9-10-11-12-15-13-18-14-16(15)17/h15-17H,2-14H2,1H3. The van der Waals surface area contributed by atoms with Crippen molar-refractivity contribution in [2.75, 3.05) is 11.5 Å². The SMILES string of the molecule is CCCCCCCCCCCCC1CSCC1O. The summed E-state index contributed by atoms with van der Waals surface area (Å²) >= 11 is 1.92. The molecule has 0 spiro atoms. The number of hydrogen-bond acceptors (Lipinski definition) is 2. The second kappa shape index (κ2) is 11.2. The Labute approximate surface area is 118 Å². The maximum Gasteiger partial charge on any atom is 0.0666 e. The van der Waals surface area contributed by atoms with E-state index in [-0.39, 0.29) is 6.10 Å². The van der Waals surface area contributed by atoms with Crippen molar-refractivity contribution in [3.8, 4) is 0 Å². The predicted molar refractivity (Wildman–Crippen MR) is 83.3 cm³/mol. The third kappa shape index (κ3) is 7.68. The van der Waals surface area contributed by atoms with Crippen LogP contribution in [0.5, 0.6) is 0 Å². The van der Waals surface area contributed by atoms with Gasteiger partial charge in [0.1, 0.15) is 0 Å². The highest BCUT2D eigenvalue weighted by Gasteiger charge is 2.24. The number of unbranched alkanes of at least 4 members (excludes halogenated alkanes) is 9. The first-order chi connectivity index (χ1) is 8.84. The summed E-state index contributed by atoms with van der Waals surface area (Å²) in [5.74, 6) is 2.77. The topological polar surface area (TPSA) is 20.2 Å². The lowest BCUT2D eigenvalue weighted by molar-refractivity contribution is 0.143. The van der Waals surface area contributed by atoms with Crippen molar-refractivity contribution in [2.45, 2.75) is 83.7 Å². The van der Waals surface area contributed by atoms with Crippen molar-refractivity contribution < 1.29 is 5.11 Å². The minimum atomic E-state index is -0.00596. The minimum absolute atomic E-state index is 0.00596. The van der Waals surface area contributed by atoms with Crippen molar-refractivity contribution in [3.05, 3.63) is 0 Å². The van der Waals surface area contributed by atoms with Gasteiger partial charge >= 0.3 is 0 Å². The highest BCUT2D eigenvalue weighted by Crippen LogP contribution is 2.28. The van der Waals surface area contributed by atoms with E-state index in [1.807, 2.05) is 11.8 Å². The van der Waals surface area contributed by atoms with E-state index in [1.54, 1.807) is 0 Å². The van der Waals surface area contributed by atoms with Gasteiger partial charge in [0.25, 0.3) is 0 Å². The second-order valence-electron chi connectivity index (χ2n) is 5.84. The summed E-state index contributed by atoms with van der Waals surface area (Å²) in [6, 6.07) is 0. The van der Waals surface area contributed by atoms with Crippen LogP contribution < -0.4 is 0 Å². The Morgan fingerprint density at radius 1 is 0.833 bits per heavy atom. The maximum absolute atomic E-state index is 9.71. The molecule has 0 aromatic heterocycles. The molecule has 1 saturated heterocycles. The minimum Gasteiger partial charge on any atom is -0.392 e. The van der Waals surface area contributed by atoms with Crippen LogP contribution in [0.3, 0.4) is 0 Å². The van der Waals surface area contributed by atoms with Crippen LogP contribution in [0.1, 0.15) is 77.6 Å². The molecular formula is C16H32OS. The van der Waals surface area contributed by atoms with E-state index < -0.39 is 0 Å². The first-order valence-electron chi connectivity index (χ1n) is 8.10. The van der Waals surface area contributed by atoms with Gasteiger partial charge in [0.15, 0.2) is 0 Å². The number of rotatable bonds is 11. The average Bonchev–Trinajstić information content (AvgIpc) is 2.77. The molecule has 0 bridgehead atoms. The molecule has 108 valence electrons. The van der Waals surface area contributed by atoms with E-state index in [0.717, 1.165) is 5.75 Å². The molecule has 1 aliphatic rings. The van der Waals surface area contributed by atoms with Gasteiger partial charge in [-0.05, 0) is 18.1 Å². The van der Waals surface area contributed by atoms with Crippen molar-refractivity contribution in [1.82, 2.24) is 0 Å². The lowest BCUT2D eigenvalue weighted by atomic mass is 9.97.